The van der Waals surface area contributed by atoms with Gasteiger partial charge in [0.15, 0.2) is 0 Å². The van der Waals surface area contributed by atoms with Crippen molar-refractivity contribution >= 4 is 0 Å². The van der Waals surface area contributed by atoms with E-state index in [1.807, 2.05) is 12.1 Å². The van der Waals surface area contributed by atoms with Crippen molar-refractivity contribution in [3.8, 4) is 5.75 Å². The van der Waals surface area contributed by atoms with Crippen molar-refractivity contribution in [2.75, 3.05) is 13.6 Å². The molecule has 0 radical (unpaired) electrons. The molecule has 0 amide bonds. The summed E-state index contributed by atoms with van der Waals surface area (Å²) >= 11 is 0. The maximum Gasteiger partial charge on any atom is 1.00 e. The number of benzene rings is 2. The molecule has 1 N–H and O–H groups in total. The molecule has 1 fully saturated rings. The molecule has 1 saturated heterocycles. The zero-order chi connectivity index (χ0) is 15.4. The van der Waals surface area contributed by atoms with E-state index in [0.717, 1.165) is 12.0 Å². The Kier molecular flexibility index (Phi) is 6.49. The highest BCUT2D eigenvalue weighted by molar-refractivity contribution is 5.41. The van der Waals surface area contributed by atoms with Crippen LogP contribution in [0.1, 0.15) is 44.2 Å². The van der Waals surface area contributed by atoms with E-state index in [2.05, 4.69) is 48.3 Å². The molecule has 2 nitrogen and oxygen atoms in total. The van der Waals surface area contributed by atoms with E-state index in [0.29, 0.717) is 11.8 Å². The highest BCUT2D eigenvalue weighted by Crippen LogP contribution is 2.36. The molecule has 0 aromatic heterocycles. The lowest BCUT2D eigenvalue weighted by atomic mass is 9.83. The summed E-state index contributed by atoms with van der Waals surface area (Å²) in [5, 5.41) is 10.3. The lowest BCUT2D eigenvalue weighted by molar-refractivity contribution is -0.00000553. The van der Waals surface area contributed by atoms with Gasteiger partial charge in [0.05, 0.1) is 0 Å². The van der Waals surface area contributed by atoms with Gasteiger partial charge in [-0.3, -0.25) is 0 Å². The standard InChI is InChI=1S/C20H25NO.ClH/c1-21-14-8-7-11-17(21)15-19(16-9-3-2-4-10-16)18-12-5-6-13-20(18)22;/h2-6,9-10,12-13,17,19,22H,7-8,11,14-15H2,1H3;1H. The minimum atomic E-state index is 0. The molecule has 2 aromatic rings. The number of hydrogen-bond donors (Lipinski definition) is 1. The quantitative estimate of drug-likeness (QED) is 0.918. The number of phenolic OH excluding ortho intramolecular Hbond substituents is 1. The van der Waals surface area contributed by atoms with Crippen molar-refractivity contribution < 1.29 is 18.9 Å². The molecule has 1 heterocycles. The van der Waals surface area contributed by atoms with Crippen LogP contribution in [0.3, 0.4) is 0 Å². The number of rotatable bonds is 4. The second-order valence-corrected chi connectivity index (χ2v) is 6.39. The number of halogens is 1. The number of phenols is 1. The molecule has 0 aliphatic carbocycles. The zero-order valence-corrected chi connectivity index (χ0v) is 14.4. The van der Waals surface area contributed by atoms with Crippen molar-refractivity contribution in [2.24, 2.45) is 0 Å². The van der Waals surface area contributed by atoms with Gasteiger partial charge < -0.3 is 22.4 Å². The molecule has 2 atom stereocenters. The van der Waals surface area contributed by atoms with Crippen LogP contribution in [0.2, 0.25) is 0 Å². The Morgan fingerprint density at radius 2 is 1.78 bits per heavy atom. The smallest absolute Gasteiger partial charge is 1.00 e. The molecule has 2 unspecified atom stereocenters. The predicted molar refractivity (Wildman–Crippen MR) is 92.4 cm³/mol. The molecule has 3 heteroatoms. The lowest BCUT2D eigenvalue weighted by Gasteiger charge is -2.35. The second kappa shape index (κ2) is 8.37. The first kappa shape index (κ1) is 17.8. The number of hydrogen-bond acceptors (Lipinski definition) is 2. The summed E-state index contributed by atoms with van der Waals surface area (Å²) in [5.74, 6) is 0.669. The highest BCUT2D eigenvalue weighted by Gasteiger charge is 2.26. The van der Waals surface area contributed by atoms with Crippen molar-refractivity contribution in [3.63, 3.8) is 0 Å². The highest BCUT2D eigenvalue weighted by atomic mass is 35.5. The fourth-order valence-electron chi connectivity index (χ4n) is 3.62. The Balaban J connectivity index is 0.00000144. The Morgan fingerprint density at radius 1 is 1.09 bits per heavy atom. The molecular formula is C20H26ClNO. The van der Waals surface area contributed by atoms with Crippen molar-refractivity contribution in [3.05, 3.63) is 65.7 Å². The Hall–Kier alpha value is -1.51. The number of nitrogens with zero attached hydrogens (tertiary/aromatic N) is 1. The number of likely N-dealkylation sites (tertiary alicyclic amines) is 1. The molecule has 1 aliphatic rings. The number of para-hydroxylation sites is 1. The van der Waals surface area contributed by atoms with Crippen LogP contribution >= 0.6 is 0 Å². The summed E-state index contributed by atoms with van der Waals surface area (Å²) in [7, 11) is 2.23. The van der Waals surface area contributed by atoms with Gasteiger partial charge in [-0.2, -0.15) is 0 Å². The van der Waals surface area contributed by atoms with E-state index in [1.165, 1.54) is 31.4 Å². The summed E-state index contributed by atoms with van der Waals surface area (Å²) in [5.41, 5.74) is 2.34. The molecule has 3 rings (SSSR count). The normalized spacial score (nSPS) is 19.8. The van der Waals surface area contributed by atoms with Crippen LogP contribution in [0.15, 0.2) is 54.6 Å². The third kappa shape index (κ3) is 4.27. The van der Waals surface area contributed by atoms with E-state index in [4.69, 9.17) is 0 Å². The molecule has 2 aromatic carbocycles. The fourth-order valence-corrected chi connectivity index (χ4v) is 3.62. The van der Waals surface area contributed by atoms with Gasteiger partial charge in [0, 0.05) is 17.5 Å². The summed E-state index contributed by atoms with van der Waals surface area (Å²) in [6.07, 6.45) is 4.95. The van der Waals surface area contributed by atoms with Gasteiger partial charge in [0.25, 0.3) is 0 Å². The van der Waals surface area contributed by atoms with Gasteiger partial charge in [-0.15, -0.1) is 0 Å². The van der Waals surface area contributed by atoms with Crippen molar-refractivity contribution in [2.45, 2.75) is 37.6 Å². The van der Waals surface area contributed by atoms with Crippen LogP contribution in [-0.4, -0.2) is 29.6 Å². The Morgan fingerprint density at radius 3 is 2.48 bits per heavy atom. The summed E-state index contributed by atoms with van der Waals surface area (Å²) in [4.78, 5) is 2.49. The minimum absolute atomic E-state index is 0. The molecule has 0 spiro atoms. The van der Waals surface area contributed by atoms with Crippen LogP contribution in [0.4, 0.5) is 0 Å². The molecule has 23 heavy (non-hydrogen) atoms. The SMILES string of the molecule is CN1CCCCC1CC(c1ccccc1)c1ccccc1O.[Cl-].[H+]. The second-order valence-electron chi connectivity index (χ2n) is 6.39. The molecule has 124 valence electrons. The zero-order valence-electron chi connectivity index (χ0n) is 14.7. The van der Waals surface area contributed by atoms with Crippen LogP contribution < -0.4 is 12.4 Å². The Labute approximate surface area is 147 Å². The van der Waals surface area contributed by atoms with Crippen LogP contribution in [0.25, 0.3) is 0 Å². The summed E-state index contributed by atoms with van der Waals surface area (Å²) in [6, 6.07) is 19.0. The van der Waals surface area contributed by atoms with E-state index in [9.17, 15) is 5.11 Å². The summed E-state index contributed by atoms with van der Waals surface area (Å²) < 4.78 is 0. The van der Waals surface area contributed by atoms with Gasteiger partial charge in [-0.25, -0.2) is 0 Å². The lowest BCUT2D eigenvalue weighted by Crippen LogP contribution is -3.00. The summed E-state index contributed by atoms with van der Waals surface area (Å²) in [6.45, 7) is 1.19. The third-order valence-electron chi connectivity index (χ3n) is 4.94. The average molecular weight is 332 g/mol. The molecule has 0 bridgehead atoms. The maximum absolute atomic E-state index is 10.3. The van der Waals surface area contributed by atoms with Gasteiger partial charge >= 0.3 is 1.43 Å². The van der Waals surface area contributed by atoms with Gasteiger partial charge in [-0.1, -0.05) is 55.0 Å². The fraction of sp³-hybridized carbons (Fsp3) is 0.400. The van der Waals surface area contributed by atoms with Crippen molar-refractivity contribution in [1.82, 2.24) is 4.90 Å². The minimum Gasteiger partial charge on any atom is -1.00 e. The van der Waals surface area contributed by atoms with E-state index in [-0.39, 0.29) is 19.8 Å². The van der Waals surface area contributed by atoms with Gasteiger partial charge in [0.2, 0.25) is 0 Å². The third-order valence-corrected chi connectivity index (χ3v) is 4.94. The van der Waals surface area contributed by atoms with Gasteiger partial charge in [-0.05, 0) is 44.5 Å². The number of piperidine rings is 1. The Bertz CT molecular complexity index is 608. The first-order valence-electron chi connectivity index (χ1n) is 8.29. The van der Waals surface area contributed by atoms with Crippen LogP contribution in [-0.2, 0) is 0 Å². The largest absolute Gasteiger partial charge is 1.00 e. The first-order valence-corrected chi connectivity index (χ1v) is 8.29. The van der Waals surface area contributed by atoms with E-state index >= 15 is 0 Å². The molecule has 1 aliphatic heterocycles. The van der Waals surface area contributed by atoms with Crippen LogP contribution in [0, 0.1) is 0 Å². The first-order chi connectivity index (χ1) is 10.8. The van der Waals surface area contributed by atoms with Crippen molar-refractivity contribution in [1.29, 1.82) is 0 Å². The molecule has 0 saturated carbocycles. The van der Waals surface area contributed by atoms with Gasteiger partial charge in [0.1, 0.15) is 5.75 Å². The van der Waals surface area contributed by atoms with Crippen LogP contribution in [0.5, 0.6) is 5.75 Å². The predicted octanol–water partition coefficient (Wildman–Crippen LogP) is 1.51. The average Bonchev–Trinajstić information content (AvgIpc) is 2.56. The topological polar surface area (TPSA) is 23.5 Å². The maximum atomic E-state index is 10.3. The molecular weight excluding hydrogens is 306 g/mol. The monoisotopic (exact) mass is 331 g/mol. The van der Waals surface area contributed by atoms with E-state index < -0.39 is 0 Å². The number of aromatic hydroxyl groups is 1. The van der Waals surface area contributed by atoms with E-state index in [1.54, 1.807) is 6.07 Å².